The summed E-state index contributed by atoms with van der Waals surface area (Å²) in [6.45, 7) is 2.34. The molecule has 0 saturated carbocycles. The zero-order chi connectivity index (χ0) is 16.2. The molecule has 0 spiro atoms. The highest BCUT2D eigenvalue weighted by molar-refractivity contribution is 7.89. The van der Waals surface area contributed by atoms with Crippen molar-refractivity contribution in [3.8, 4) is 5.75 Å². The molecular formula is C14H17N3O4S. The number of carbonyl (C=O) groups excluding carboxylic acids is 1. The van der Waals surface area contributed by atoms with Gasteiger partial charge in [0, 0.05) is 13.2 Å². The second-order valence-electron chi connectivity index (χ2n) is 4.47. The van der Waals surface area contributed by atoms with Crippen molar-refractivity contribution < 1.29 is 17.9 Å². The molecule has 7 nitrogen and oxygen atoms in total. The average molecular weight is 323 g/mol. The van der Waals surface area contributed by atoms with Crippen LogP contribution in [0.4, 0.5) is 0 Å². The first-order valence-electron chi connectivity index (χ1n) is 6.60. The van der Waals surface area contributed by atoms with Gasteiger partial charge in [-0.05, 0) is 43.3 Å². The predicted molar refractivity (Wildman–Crippen MR) is 80.8 cm³/mol. The standard InChI is InChI=1S/C14H17N3O4S/c1-3-21-11-6-8-12(9-7-11)22(19,20)16-15-14(18)13-5-4-10-17(13)2/h4-10,16H,3H2,1-2H3,(H,15,18). The quantitative estimate of drug-likeness (QED) is 0.778. The normalized spacial score (nSPS) is 11.2. The number of sulfonamides is 1. The third-order valence-corrected chi connectivity index (χ3v) is 4.18. The number of benzene rings is 1. The summed E-state index contributed by atoms with van der Waals surface area (Å²) in [5.41, 5.74) is 2.52. The molecule has 118 valence electrons. The first-order valence-corrected chi connectivity index (χ1v) is 8.08. The van der Waals surface area contributed by atoms with Crippen molar-refractivity contribution in [1.82, 2.24) is 14.8 Å². The van der Waals surface area contributed by atoms with E-state index in [-0.39, 0.29) is 4.90 Å². The third kappa shape index (κ3) is 3.66. The van der Waals surface area contributed by atoms with E-state index in [0.717, 1.165) is 0 Å². The first-order chi connectivity index (χ1) is 10.4. The maximum atomic E-state index is 12.1. The van der Waals surface area contributed by atoms with Gasteiger partial charge in [0.25, 0.3) is 15.9 Å². The van der Waals surface area contributed by atoms with E-state index >= 15 is 0 Å². The molecule has 1 amide bonds. The minimum Gasteiger partial charge on any atom is -0.494 e. The first kappa shape index (κ1) is 16.1. The van der Waals surface area contributed by atoms with Crippen molar-refractivity contribution >= 4 is 15.9 Å². The van der Waals surface area contributed by atoms with E-state index in [4.69, 9.17) is 4.74 Å². The minimum atomic E-state index is -3.84. The van der Waals surface area contributed by atoms with Gasteiger partial charge in [-0.2, -0.15) is 0 Å². The molecule has 22 heavy (non-hydrogen) atoms. The van der Waals surface area contributed by atoms with E-state index in [9.17, 15) is 13.2 Å². The summed E-state index contributed by atoms with van der Waals surface area (Å²) in [6.07, 6.45) is 1.69. The van der Waals surface area contributed by atoms with E-state index < -0.39 is 15.9 Å². The molecule has 1 aromatic carbocycles. The molecule has 0 saturated heterocycles. The summed E-state index contributed by atoms with van der Waals surface area (Å²) in [5.74, 6) is 0.0382. The minimum absolute atomic E-state index is 0.0307. The molecule has 1 heterocycles. The van der Waals surface area contributed by atoms with E-state index in [1.807, 2.05) is 6.92 Å². The molecule has 1 aromatic heterocycles. The predicted octanol–water partition coefficient (Wildman–Crippen LogP) is 1.05. The van der Waals surface area contributed by atoms with Crippen molar-refractivity contribution in [1.29, 1.82) is 0 Å². The Kier molecular flexibility index (Phi) is 4.84. The average Bonchev–Trinajstić information content (AvgIpc) is 2.92. The van der Waals surface area contributed by atoms with Crippen molar-refractivity contribution in [3.63, 3.8) is 0 Å². The summed E-state index contributed by atoms with van der Waals surface area (Å²) in [6, 6.07) is 9.19. The lowest BCUT2D eigenvalue weighted by molar-refractivity contribution is 0.0937. The smallest absolute Gasteiger partial charge is 0.282 e. The van der Waals surface area contributed by atoms with Crippen LogP contribution in [0.15, 0.2) is 47.5 Å². The fourth-order valence-electron chi connectivity index (χ4n) is 1.82. The highest BCUT2D eigenvalue weighted by Crippen LogP contribution is 2.15. The van der Waals surface area contributed by atoms with Gasteiger partial charge < -0.3 is 9.30 Å². The van der Waals surface area contributed by atoms with Crippen LogP contribution in [-0.2, 0) is 17.1 Å². The number of nitrogens with one attached hydrogen (secondary N) is 2. The van der Waals surface area contributed by atoms with Crippen LogP contribution >= 0.6 is 0 Å². The van der Waals surface area contributed by atoms with Crippen LogP contribution in [-0.4, -0.2) is 25.5 Å². The van der Waals surface area contributed by atoms with Crippen molar-refractivity contribution in [2.24, 2.45) is 7.05 Å². The van der Waals surface area contributed by atoms with Gasteiger partial charge in [0.2, 0.25) is 0 Å². The lowest BCUT2D eigenvalue weighted by Gasteiger charge is -2.09. The van der Waals surface area contributed by atoms with Gasteiger partial charge in [0.1, 0.15) is 11.4 Å². The number of hydrazine groups is 1. The summed E-state index contributed by atoms with van der Waals surface area (Å²) in [5, 5.41) is 0. The highest BCUT2D eigenvalue weighted by atomic mass is 32.2. The van der Waals surface area contributed by atoms with Crippen LogP contribution in [0.5, 0.6) is 5.75 Å². The summed E-state index contributed by atoms with van der Waals surface area (Å²) >= 11 is 0. The van der Waals surface area contributed by atoms with Crippen LogP contribution in [0.3, 0.4) is 0 Å². The molecule has 0 aliphatic heterocycles. The molecule has 0 bridgehead atoms. The monoisotopic (exact) mass is 323 g/mol. The SMILES string of the molecule is CCOc1ccc(S(=O)(=O)NNC(=O)c2cccn2C)cc1. The number of aromatic nitrogens is 1. The Bertz CT molecular complexity index is 751. The second-order valence-corrected chi connectivity index (χ2v) is 6.15. The fourth-order valence-corrected chi connectivity index (χ4v) is 2.65. The zero-order valence-corrected chi connectivity index (χ0v) is 13.1. The Morgan fingerprint density at radius 2 is 1.91 bits per heavy atom. The maximum Gasteiger partial charge on any atom is 0.282 e. The Balaban J connectivity index is 2.05. The van der Waals surface area contributed by atoms with Gasteiger partial charge in [-0.1, -0.05) is 0 Å². The van der Waals surface area contributed by atoms with Crippen molar-refractivity contribution in [3.05, 3.63) is 48.3 Å². The van der Waals surface area contributed by atoms with Crippen LogP contribution in [0.25, 0.3) is 0 Å². The summed E-state index contributed by atoms with van der Waals surface area (Å²) < 4.78 is 31.0. The molecule has 0 radical (unpaired) electrons. The number of ether oxygens (including phenoxy) is 1. The summed E-state index contributed by atoms with van der Waals surface area (Å²) in [4.78, 5) is 14.0. The van der Waals surface area contributed by atoms with Gasteiger partial charge in [0.05, 0.1) is 11.5 Å². The van der Waals surface area contributed by atoms with Crippen LogP contribution in [0.1, 0.15) is 17.4 Å². The zero-order valence-electron chi connectivity index (χ0n) is 12.2. The lowest BCUT2D eigenvalue weighted by Crippen LogP contribution is -2.42. The second kappa shape index (κ2) is 6.63. The van der Waals surface area contributed by atoms with Crippen molar-refractivity contribution in [2.75, 3.05) is 6.61 Å². The third-order valence-electron chi connectivity index (χ3n) is 2.92. The largest absolute Gasteiger partial charge is 0.494 e. The molecule has 8 heteroatoms. The Morgan fingerprint density at radius 3 is 2.45 bits per heavy atom. The maximum absolute atomic E-state index is 12.1. The molecular weight excluding hydrogens is 306 g/mol. The van der Waals surface area contributed by atoms with Gasteiger partial charge in [-0.3, -0.25) is 10.2 Å². The van der Waals surface area contributed by atoms with Crippen LogP contribution < -0.4 is 15.0 Å². The van der Waals surface area contributed by atoms with Crippen LogP contribution in [0, 0.1) is 0 Å². The van der Waals surface area contributed by atoms with E-state index in [0.29, 0.717) is 18.1 Å². The van der Waals surface area contributed by atoms with E-state index in [1.165, 1.54) is 12.1 Å². The number of hydrogen-bond donors (Lipinski definition) is 2. The van der Waals surface area contributed by atoms with Crippen molar-refractivity contribution in [2.45, 2.75) is 11.8 Å². The molecule has 0 atom stereocenters. The molecule has 2 rings (SSSR count). The number of nitrogens with zero attached hydrogens (tertiary/aromatic N) is 1. The number of aryl methyl sites for hydroxylation is 1. The highest BCUT2D eigenvalue weighted by Gasteiger charge is 2.16. The Morgan fingerprint density at radius 1 is 1.23 bits per heavy atom. The molecule has 2 aromatic rings. The topological polar surface area (TPSA) is 89.4 Å². The number of hydrogen-bond acceptors (Lipinski definition) is 4. The Hall–Kier alpha value is -2.32. The molecule has 0 unspecified atom stereocenters. The fraction of sp³-hybridized carbons (Fsp3) is 0.214. The van der Waals surface area contributed by atoms with Gasteiger partial charge in [0.15, 0.2) is 0 Å². The van der Waals surface area contributed by atoms with Crippen LogP contribution in [0.2, 0.25) is 0 Å². The molecule has 0 aliphatic carbocycles. The molecule has 2 N–H and O–H groups in total. The molecule has 0 fully saturated rings. The Labute approximate surface area is 128 Å². The number of amides is 1. The molecule has 0 aliphatic rings. The number of carbonyl (C=O) groups is 1. The van der Waals surface area contributed by atoms with E-state index in [1.54, 1.807) is 42.1 Å². The lowest BCUT2D eigenvalue weighted by atomic mass is 10.3. The number of rotatable bonds is 6. The van der Waals surface area contributed by atoms with Gasteiger partial charge in [-0.15, -0.1) is 4.83 Å². The van der Waals surface area contributed by atoms with Gasteiger partial charge >= 0.3 is 0 Å². The van der Waals surface area contributed by atoms with Gasteiger partial charge in [-0.25, -0.2) is 8.42 Å². The summed E-state index contributed by atoms with van der Waals surface area (Å²) in [7, 11) is -2.15. The van der Waals surface area contributed by atoms with E-state index in [2.05, 4.69) is 10.3 Å².